The third-order valence-corrected chi connectivity index (χ3v) is 5.40. The van der Waals surface area contributed by atoms with E-state index in [0.717, 1.165) is 5.56 Å². The topological polar surface area (TPSA) is 110 Å². The number of β-amino-alcohol motifs (C(OH)–C–C–N with tert-alkyl or cyclic N) is 1. The highest BCUT2D eigenvalue weighted by atomic mass is 16.5. The smallest absolute Gasteiger partial charge is 0.248 e. The molecule has 1 fully saturated rings. The van der Waals surface area contributed by atoms with Gasteiger partial charge in [-0.1, -0.05) is 38.1 Å². The van der Waals surface area contributed by atoms with E-state index in [0.29, 0.717) is 18.1 Å². The van der Waals surface area contributed by atoms with Crippen molar-refractivity contribution in [3.63, 3.8) is 0 Å². The van der Waals surface area contributed by atoms with Gasteiger partial charge in [-0.15, -0.1) is 5.10 Å². The van der Waals surface area contributed by atoms with Crippen LogP contribution in [0.5, 0.6) is 5.75 Å². The Hall–Kier alpha value is -2.94. The minimum Gasteiger partial charge on any atom is -0.493 e. The minimum atomic E-state index is -0.740. The van der Waals surface area contributed by atoms with E-state index in [4.69, 9.17) is 4.74 Å². The number of aromatic nitrogens is 3. The number of rotatable bonds is 6. The monoisotopic (exact) mass is 429 g/mol. The Labute approximate surface area is 182 Å². The van der Waals surface area contributed by atoms with Crippen LogP contribution < -0.4 is 10.1 Å². The van der Waals surface area contributed by atoms with Gasteiger partial charge in [0.25, 0.3) is 0 Å². The van der Waals surface area contributed by atoms with E-state index in [2.05, 4.69) is 15.6 Å². The van der Waals surface area contributed by atoms with Crippen LogP contribution in [-0.4, -0.2) is 69.2 Å². The molecule has 2 heterocycles. The second kappa shape index (κ2) is 9.05. The van der Waals surface area contributed by atoms with Gasteiger partial charge in [0.15, 0.2) is 0 Å². The number of nitrogens with one attached hydrogen (secondary N) is 1. The Morgan fingerprint density at radius 3 is 2.68 bits per heavy atom. The summed E-state index contributed by atoms with van der Waals surface area (Å²) in [6.45, 7) is 8.35. The highest BCUT2D eigenvalue weighted by Crippen LogP contribution is 2.36. The predicted molar refractivity (Wildman–Crippen MR) is 115 cm³/mol. The van der Waals surface area contributed by atoms with Gasteiger partial charge in [-0.25, -0.2) is 4.68 Å². The molecule has 1 aromatic heterocycles. The normalized spacial score (nSPS) is 19.9. The number of aliphatic hydroxyl groups excluding tert-OH is 1. The fourth-order valence-corrected chi connectivity index (χ4v) is 4.00. The fourth-order valence-electron chi connectivity index (χ4n) is 4.00. The zero-order chi connectivity index (χ0) is 22.8. The van der Waals surface area contributed by atoms with Gasteiger partial charge in [-0.3, -0.25) is 9.59 Å². The molecule has 0 radical (unpaired) electrons. The number of likely N-dealkylation sites (tertiary alicyclic amines) is 1. The number of benzene rings is 1. The lowest BCUT2D eigenvalue weighted by atomic mass is 9.85. The highest BCUT2D eigenvalue weighted by Gasteiger charge is 2.45. The van der Waals surface area contributed by atoms with E-state index >= 15 is 0 Å². The van der Waals surface area contributed by atoms with E-state index in [9.17, 15) is 14.7 Å². The Kier molecular flexibility index (Phi) is 6.64. The summed E-state index contributed by atoms with van der Waals surface area (Å²) in [6.07, 6.45) is 1.20. The number of para-hydroxylation sites is 1. The molecule has 31 heavy (non-hydrogen) atoms. The number of hydrogen-bond donors (Lipinski definition) is 2. The third kappa shape index (κ3) is 4.71. The van der Waals surface area contributed by atoms with E-state index in [1.54, 1.807) is 10.9 Å². The molecule has 1 aliphatic rings. The SMILES string of the molecule is CCOc1ccccc1-c1cn([C@H](C(=O)N2CC(O)CC2C(=O)NC)C(C)(C)C)nn1. The molecule has 2 amide bonds. The second-order valence-electron chi connectivity index (χ2n) is 8.79. The van der Waals surface area contributed by atoms with Gasteiger partial charge in [0.05, 0.1) is 18.9 Å². The second-order valence-corrected chi connectivity index (χ2v) is 8.79. The van der Waals surface area contributed by atoms with Crippen molar-refractivity contribution >= 4 is 11.8 Å². The molecule has 3 atom stereocenters. The summed E-state index contributed by atoms with van der Waals surface area (Å²) in [5.41, 5.74) is 0.869. The maximum absolute atomic E-state index is 13.6. The van der Waals surface area contributed by atoms with Gasteiger partial charge in [-0.2, -0.15) is 0 Å². The van der Waals surface area contributed by atoms with Crippen LogP contribution in [0.2, 0.25) is 0 Å². The Morgan fingerprint density at radius 1 is 1.32 bits per heavy atom. The summed E-state index contributed by atoms with van der Waals surface area (Å²) in [4.78, 5) is 27.4. The number of carbonyl (C=O) groups is 2. The van der Waals surface area contributed by atoms with Crippen LogP contribution in [0.15, 0.2) is 30.5 Å². The number of aliphatic hydroxyl groups is 1. The first-order valence-electron chi connectivity index (χ1n) is 10.5. The van der Waals surface area contributed by atoms with Gasteiger partial charge in [0.1, 0.15) is 23.5 Å². The van der Waals surface area contributed by atoms with E-state index in [-0.39, 0.29) is 24.8 Å². The van der Waals surface area contributed by atoms with Crippen LogP contribution in [-0.2, 0) is 9.59 Å². The minimum absolute atomic E-state index is 0.109. The quantitative estimate of drug-likeness (QED) is 0.722. The zero-order valence-electron chi connectivity index (χ0n) is 18.7. The molecule has 3 rings (SSSR count). The average molecular weight is 430 g/mol. The molecular formula is C22H31N5O4. The Morgan fingerprint density at radius 2 is 2.03 bits per heavy atom. The summed E-state index contributed by atoms with van der Waals surface area (Å²) < 4.78 is 7.24. The molecule has 9 nitrogen and oxygen atoms in total. The standard InChI is InChI=1S/C22H31N5O4/c1-6-31-18-10-8-7-9-15(18)16-13-27(25-24-16)19(22(2,3)4)21(30)26-12-14(28)11-17(26)20(29)23-5/h7-10,13-14,17,19,28H,6,11-12H2,1-5H3,(H,23,29)/t14?,17?,19-/m1/s1. The first-order chi connectivity index (χ1) is 14.7. The largest absolute Gasteiger partial charge is 0.493 e. The summed E-state index contributed by atoms with van der Waals surface area (Å²) in [5, 5.41) is 21.3. The van der Waals surface area contributed by atoms with Crippen molar-refractivity contribution in [2.24, 2.45) is 5.41 Å². The van der Waals surface area contributed by atoms with Crippen molar-refractivity contribution in [1.29, 1.82) is 0 Å². The van der Waals surface area contributed by atoms with Crippen LogP contribution in [0.25, 0.3) is 11.3 Å². The summed E-state index contributed by atoms with van der Waals surface area (Å²) in [5.74, 6) is 0.132. The predicted octanol–water partition coefficient (Wildman–Crippen LogP) is 1.64. The van der Waals surface area contributed by atoms with Crippen molar-refractivity contribution < 1.29 is 19.4 Å². The number of carbonyl (C=O) groups excluding carboxylic acids is 2. The molecule has 2 N–H and O–H groups in total. The fraction of sp³-hybridized carbons (Fsp3) is 0.545. The van der Waals surface area contributed by atoms with Gasteiger partial charge in [-0.05, 0) is 24.5 Å². The molecule has 0 spiro atoms. The van der Waals surface area contributed by atoms with Crippen LogP contribution in [0.1, 0.15) is 40.2 Å². The lowest BCUT2D eigenvalue weighted by Crippen LogP contribution is -2.49. The van der Waals surface area contributed by atoms with Crippen molar-refractivity contribution in [2.75, 3.05) is 20.2 Å². The molecule has 2 unspecified atom stereocenters. The van der Waals surface area contributed by atoms with Crippen LogP contribution in [0, 0.1) is 5.41 Å². The van der Waals surface area contributed by atoms with Crippen molar-refractivity contribution in [1.82, 2.24) is 25.2 Å². The first-order valence-corrected chi connectivity index (χ1v) is 10.5. The molecule has 0 aliphatic carbocycles. The van der Waals surface area contributed by atoms with Gasteiger partial charge in [0.2, 0.25) is 11.8 Å². The number of likely N-dealkylation sites (N-methyl/N-ethyl adjacent to an activating group) is 1. The van der Waals surface area contributed by atoms with Crippen LogP contribution >= 0.6 is 0 Å². The molecule has 0 saturated carbocycles. The molecule has 2 aromatic rings. The maximum atomic E-state index is 13.6. The molecule has 168 valence electrons. The van der Waals surface area contributed by atoms with E-state index in [1.807, 2.05) is 52.0 Å². The number of amides is 2. The zero-order valence-corrected chi connectivity index (χ0v) is 18.7. The number of hydrogen-bond acceptors (Lipinski definition) is 6. The van der Waals surface area contributed by atoms with Crippen molar-refractivity contribution in [3.8, 4) is 17.0 Å². The van der Waals surface area contributed by atoms with E-state index < -0.39 is 23.6 Å². The maximum Gasteiger partial charge on any atom is 0.248 e. The Balaban J connectivity index is 1.96. The molecule has 0 bridgehead atoms. The molecular weight excluding hydrogens is 398 g/mol. The van der Waals surface area contributed by atoms with Gasteiger partial charge >= 0.3 is 0 Å². The summed E-state index contributed by atoms with van der Waals surface area (Å²) in [6, 6.07) is 6.13. The summed E-state index contributed by atoms with van der Waals surface area (Å²) >= 11 is 0. The van der Waals surface area contributed by atoms with Gasteiger partial charge < -0.3 is 20.1 Å². The Bertz CT molecular complexity index is 936. The summed E-state index contributed by atoms with van der Waals surface area (Å²) in [7, 11) is 1.52. The van der Waals surface area contributed by atoms with Crippen molar-refractivity contribution in [2.45, 2.75) is 52.3 Å². The average Bonchev–Trinajstić information content (AvgIpc) is 3.34. The molecule has 1 aliphatic heterocycles. The van der Waals surface area contributed by atoms with Crippen LogP contribution in [0.3, 0.4) is 0 Å². The third-order valence-electron chi connectivity index (χ3n) is 5.40. The molecule has 1 saturated heterocycles. The molecule has 9 heteroatoms. The van der Waals surface area contributed by atoms with Crippen LogP contribution in [0.4, 0.5) is 0 Å². The van der Waals surface area contributed by atoms with E-state index in [1.165, 1.54) is 11.9 Å². The highest BCUT2D eigenvalue weighted by molar-refractivity contribution is 5.90. The lowest BCUT2D eigenvalue weighted by Gasteiger charge is -2.34. The lowest BCUT2D eigenvalue weighted by molar-refractivity contribution is -0.144. The van der Waals surface area contributed by atoms with Crippen molar-refractivity contribution in [3.05, 3.63) is 30.5 Å². The number of nitrogens with zero attached hydrogens (tertiary/aromatic N) is 4. The number of ether oxygens (including phenoxy) is 1. The van der Waals surface area contributed by atoms with Gasteiger partial charge in [0, 0.05) is 25.6 Å². The molecule has 1 aromatic carbocycles. The first kappa shape index (κ1) is 22.7.